The lowest BCUT2D eigenvalue weighted by molar-refractivity contribution is -0.274. The molecule has 0 N–H and O–H groups in total. The molecule has 0 bridgehead atoms. The quantitative estimate of drug-likeness (QED) is 0.160. The molecule has 6 nitrogen and oxygen atoms in total. The minimum atomic E-state index is -4.79. The minimum Gasteiger partial charge on any atom is -0.491 e. The number of halogens is 3. The van der Waals surface area contributed by atoms with Crippen LogP contribution in [-0.2, 0) is 20.7 Å². The fourth-order valence-corrected chi connectivity index (χ4v) is 3.82. The van der Waals surface area contributed by atoms with Gasteiger partial charge in [-0.1, -0.05) is 61.9 Å². The van der Waals surface area contributed by atoms with Gasteiger partial charge in [-0.15, -0.1) is 13.2 Å². The molecule has 1 amide bonds. The van der Waals surface area contributed by atoms with Crippen molar-refractivity contribution < 1.29 is 37.0 Å². The number of rotatable bonds is 11. The molecule has 0 spiro atoms. The number of nitrogens with zero attached hydrogens (tertiary/aromatic N) is 1. The van der Waals surface area contributed by atoms with Crippen molar-refractivity contribution in [3.05, 3.63) is 78.4 Å². The van der Waals surface area contributed by atoms with Gasteiger partial charge in [-0.2, -0.15) is 0 Å². The molecule has 0 radical (unpaired) electrons. The van der Waals surface area contributed by atoms with E-state index in [4.69, 9.17) is 9.47 Å². The van der Waals surface area contributed by atoms with Crippen LogP contribution in [-0.4, -0.2) is 38.5 Å². The van der Waals surface area contributed by atoms with Crippen molar-refractivity contribution in [2.75, 3.05) is 25.2 Å². The third kappa shape index (κ3) is 8.26. The highest BCUT2D eigenvalue weighted by atomic mass is 19.4. The number of hydrogen-bond donors (Lipinski definition) is 0. The Morgan fingerprint density at radius 1 is 0.895 bits per heavy atom. The average molecular weight is 530 g/mol. The van der Waals surface area contributed by atoms with E-state index in [1.54, 1.807) is 18.2 Å². The summed E-state index contributed by atoms with van der Waals surface area (Å²) in [5.41, 5.74) is 2.67. The van der Waals surface area contributed by atoms with Crippen LogP contribution < -0.4 is 14.4 Å². The van der Waals surface area contributed by atoms with Crippen LogP contribution in [0.4, 0.5) is 18.9 Å². The molecule has 38 heavy (non-hydrogen) atoms. The first kappa shape index (κ1) is 28.6. The highest BCUT2D eigenvalue weighted by molar-refractivity contribution is 6.38. The Balaban J connectivity index is 1.95. The maximum Gasteiger partial charge on any atom is 0.573 e. The summed E-state index contributed by atoms with van der Waals surface area (Å²) in [5, 5.41) is 0. The Morgan fingerprint density at radius 2 is 1.58 bits per heavy atom. The van der Waals surface area contributed by atoms with Crippen molar-refractivity contribution in [2.45, 2.75) is 39.0 Å². The van der Waals surface area contributed by atoms with Crippen molar-refractivity contribution >= 4 is 17.6 Å². The van der Waals surface area contributed by atoms with E-state index in [9.17, 15) is 22.8 Å². The summed E-state index contributed by atoms with van der Waals surface area (Å²) < 4.78 is 52.3. The molecular formula is C29H30F3NO5. The molecule has 3 aromatic carbocycles. The average Bonchev–Trinajstić information content (AvgIpc) is 2.91. The largest absolute Gasteiger partial charge is 0.573 e. The van der Waals surface area contributed by atoms with Crippen LogP contribution in [0.3, 0.4) is 0 Å². The molecule has 202 valence electrons. The summed E-state index contributed by atoms with van der Waals surface area (Å²) in [7, 11) is 1.14. The number of hydrogen-bond acceptors (Lipinski definition) is 5. The summed E-state index contributed by atoms with van der Waals surface area (Å²) in [6.07, 6.45) is -1.85. The Labute approximate surface area is 219 Å². The first-order valence-corrected chi connectivity index (χ1v) is 12.3. The number of benzene rings is 3. The van der Waals surface area contributed by atoms with E-state index in [1.807, 2.05) is 37.3 Å². The second kappa shape index (κ2) is 13.5. The number of carbonyl (C=O) groups is 2. The lowest BCUT2D eigenvalue weighted by Crippen LogP contribution is -2.38. The Morgan fingerprint density at radius 3 is 2.21 bits per heavy atom. The Bertz CT molecular complexity index is 1200. The van der Waals surface area contributed by atoms with E-state index in [2.05, 4.69) is 4.74 Å². The fraction of sp³-hybridized carbons (Fsp3) is 0.310. The van der Waals surface area contributed by atoms with Gasteiger partial charge < -0.3 is 14.2 Å². The van der Waals surface area contributed by atoms with E-state index in [0.29, 0.717) is 42.0 Å². The van der Waals surface area contributed by atoms with Crippen LogP contribution in [0.1, 0.15) is 31.7 Å². The second-order valence-electron chi connectivity index (χ2n) is 8.49. The molecule has 3 aromatic rings. The second-order valence-corrected chi connectivity index (χ2v) is 8.49. The monoisotopic (exact) mass is 529 g/mol. The van der Waals surface area contributed by atoms with Gasteiger partial charge in [-0.25, -0.2) is 4.79 Å². The van der Waals surface area contributed by atoms with Crippen LogP contribution in [0, 0.1) is 0 Å². The molecule has 9 heteroatoms. The maximum absolute atomic E-state index is 13.1. The van der Waals surface area contributed by atoms with Crippen molar-refractivity contribution in [3.63, 3.8) is 0 Å². The number of alkyl halides is 3. The van der Waals surface area contributed by atoms with E-state index in [-0.39, 0.29) is 12.3 Å². The molecular weight excluding hydrogens is 499 g/mol. The van der Waals surface area contributed by atoms with Crippen LogP contribution in [0.2, 0.25) is 0 Å². The zero-order valence-corrected chi connectivity index (χ0v) is 21.3. The molecule has 0 aliphatic rings. The zero-order valence-electron chi connectivity index (χ0n) is 21.3. The van der Waals surface area contributed by atoms with Crippen LogP contribution >= 0.6 is 0 Å². The van der Waals surface area contributed by atoms with Gasteiger partial charge in [0, 0.05) is 6.54 Å². The first-order chi connectivity index (χ1) is 18.2. The van der Waals surface area contributed by atoms with Gasteiger partial charge in [0.15, 0.2) is 0 Å². The first-order valence-electron chi connectivity index (χ1n) is 12.3. The highest BCUT2D eigenvalue weighted by Gasteiger charge is 2.31. The van der Waals surface area contributed by atoms with Gasteiger partial charge in [0.1, 0.15) is 11.5 Å². The normalized spacial score (nSPS) is 11.1. The molecule has 0 aliphatic heterocycles. The van der Waals surface area contributed by atoms with Gasteiger partial charge in [0.25, 0.3) is 0 Å². The van der Waals surface area contributed by atoms with Crippen LogP contribution in [0.25, 0.3) is 11.1 Å². The predicted octanol–water partition coefficient (Wildman–Crippen LogP) is 6.57. The summed E-state index contributed by atoms with van der Waals surface area (Å²) in [4.78, 5) is 26.7. The van der Waals surface area contributed by atoms with Gasteiger partial charge in [0.2, 0.25) is 0 Å². The number of aryl methyl sites for hydroxylation is 1. The molecule has 0 saturated carbocycles. The van der Waals surface area contributed by atoms with E-state index in [0.717, 1.165) is 25.5 Å². The number of anilines is 1. The highest BCUT2D eigenvalue weighted by Crippen LogP contribution is 2.35. The Kier molecular flexibility index (Phi) is 10.2. The van der Waals surface area contributed by atoms with Crippen LogP contribution in [0.5, 0.6) is 11.5 Å². The predicted molar refractivity (Wildman–Crippen MR) is 138 cm³/mol. The number of methoxy groups -OCH3 is 1. The molecule has 3 rings (SSSR count). The molecule has 0 heterocycles. The lowest BCUT2D eigenvalue weighted by atomic mass is 10.0. The summed E-state index contributed by atoms with van der Waals surface area (Å²) in [5.74, 6) is -1.78. The third-order valence-electron chi connectivity index (χ3n) is 5.72. The fourth-order valence-electron chi connectivity index (χ4n) is 3.82. The number of esters is 1. The number of unbranched alkanes of at least 4 members (excludes halogenated alkanes) is 1. The number of amides is 1. The molecule has 0 fully saturated rings. The minimum absolute atomic E-state index is 0.217. The van der Waals surface area contributed by atoms with Crippen molar-refractivity contribution in [1.29, 1.82) is 0 Å². The number of ether oxygens (including phenoxy) is 3. The molecule has 0 aliphatic carbocycles. The van der Waals surface area contributed by atoms with E-state index < -0.39 is 18.2 Å². The topological polar surface area (TPSA) is 65.1 Å². The summed E-state index contributed by atoms with van der Waals surface area (Å²) in [6, 6.07) is 20.3. The summed E-state index contributed by atoms with van der Waals surface area (Å²) >= 11 is 0. The number of carbonyl (C=O) groups excluding carboxylic acids is 2. The Hall–Kier alpha value is -4.01. The van der Waals surface area contributed by atoms with Gasteiger partial charge in [0.05, 0.1) is 19.4 Å². The third-order valence-corrected chi connectivity index (χ3v) is 5.72. The molecule has 0 aromatic heterocycles. The smallest absolute Gasteiger partial charge is 0.491 e. The SMILES string of the molecule is CCCCOc1ccc(-c2ccc(OC(F)(F)F)cc2)cc1N(CCCc1ccccc1)C(=O)C(=O)OC. The van der Waals surface area contributed by atoms with E-state index >= 15 is 0 Å². The molecule has 0 atom stereocenters. The van der Waals surface area contributed by atoms with Gasteiger partial charge in [-0.05, 0) is 60.2 Å². The molecule has 0 saturated heterocycles. The standard InChI is InChI=1S/C29H30F3NO5/c1-3-4-19-37-26-17-14-23(22-12-15-24(16-13-22)38-29(30,31)32)20-25(26)33(27(34)28(35)36-2)18-8-11-21-9-6-5-7-10-21/h5-7,9-10,12-17,20H,3-4,8,11,18-19H2,1-2H3. The maximum atomic E-state index is 13.1. The van der Waals surface area contributed by atoms with Crippen molar-refractivity contribution in [3.8, 4) is 22.6 Å². The van der Waals surface area contributed by atoms with E-state index in [1.165, 1.54) is 29.2 Å². The van der Waals surface area contributed by atoms with Crippen molar-refractivity contribution in [1.82, 2.24) is 0 Å². The molecule has 0 unspecified atom stereocenters. The van der Waals surface area contributed by atoms with Crippen LogP contribution in [0.15, 0.2) is 72.8 Å². The lowest BCUT2D eigenvalue weighted by Gasteiger charge is -2.25. The zero-order chi connectivity index (χ0) is 27.5. The van der Waals surface area contributed by atoms with Gasteiger partial charge >= 0.3 is 18.2 Å². The van der Waals surface area contributed by atoms with Crippen molar-refractivity contribution in [2.24, 2.45) is 0 Å². The summed E-state index contributed by atoms with van der Waals surface area (Å²) in [6.45, 7) is 2.65. The van der Waals surface area contributed by atoms with Gasteiger partial charge in [-0.3, -0.25) is 9.69 Å².